The molecule has 1 atom stereocenters. The van der Waals surface area contributed by atoms with Crippen LogP contribution in [0.1, 0.15) is 86.3 Å². The highest BCUT2D eigenvalue weighted by molar-refractivity contribution is 5.91. The maximum atomic E-state index is 12.8. The summed E-state index contributed by atoms with van der Waals surface area (Å²) < 4.78 is 5.34. The van der Waals surface area contributed by atoms with E-state index in [4.69, 9.17) is 4.74 Å². The molecule has 0 aromatic heterocycles. The maximum Gasteiger partial charge on any atom is 0.408 e. The summed E-state index contributed by atoms with van der Waals surface area (Å²) in [4.78, 5) is 24.7. The molecule has 0 bridgehead atoms. The smallest absolute Gasteiger partial charge is 0.408 e. The standard InChI is InChI=1S/C26H40N3O4/c1-17(2)15-18(28-23(31)33-24(3,4)5)11-10-12-22(30)27-19-13-14-20-21(16-19)26(8,9)29(32)25(20,6)7/h10-11,13-14,16-18H,12,15H2,1-9H3,(H,27,30)(H,28,31)/b11-10+/t18-/m1/s1. The van der Waals surface area contributed by atoms with Crippen LogP contribution in [-0.4, -0.2) is 28.7 Å². The number of anilines is 1. The third-order valence-electron chi connectivity index (χ3n) is 5.74. The fraction of sp³-hybridized carbons (Fsp3) is 0.615. The second-order valence-electron chi connectivity index (χ2n) is 11.2. The van der Waals surface area contributed by atoms with Crippen molar-refractivity contribution >= 4 is 17.7 Å². The van der Waals surface area contributed by atoms with Gasteiger partial charge in [-0.1, -0.05) is 32.1 Å². The molecule has 1 aromatic rings. The molecular weight excluding hydrogens is 418 g/mol. The van der Waals surface area contributed by atoms with Crippen molar-refractivity contribution in [2.45, 2.75) is 97.9 Å². The molecule has 0 fully saturated rings. The molecule has 0 saturated heterocycles. The van der Waals surface area contributed by atoms with E-state index in [1.807, 2.05) is 72.7 Å². The minimum atomic E-state index is -0.670. The van der Waals surface area contributed by atoms with Gasteiger partial charge in [0.15, 0.2) is 0 Å². The van der Waals surface area contributed by atoms with Crippen molar-refractivity contribution in [3.05, 3.63) is 41.5 Å². The first-order valence-electron chi connectivity index (χ1n) is 11.6. The second kappa shape index (κ2) is 9.85. The largest absolute Gasteiger partial charge is 0.444 e. The first kappa shape index (κ1) is 26.9. The SMILES string of the molecule is CC(C)C[C@@H](/C=C/CC(=O)Nc1ccc2c(c1)C(C)(C)N([O])C2(C)C)NC(=O)OC(C)(C)C. The van der Waals surface area contributed by atoms with Gasteiger partial charge in [-0.15, -0.1) is 10.3 Å². The van der Waals surface area contributed by atoms with Crippen molar-refractivity contribution in [1.29, 1.82) is 0 Å². The van der Waals surface area contributed by atoms with E-state index in [0.29, 0.717) is 11.6 Å². The van der Waals surface area contributed by atoms with E-state index >= 15 is 0 Å². The lowest BCUT2D eigenvalue weighted by Gasteiger charge is -2.32. The number of carbonyl (C=O) groups excluding carboxylic acids is 2. The monoisotopic (exact) mass is 458 g/mol. The van der Waals surface area contributed by atoms with Crippen LogP contribution in [-0.2, 0) is 25.8 Å². The highest BCUT2D eigenvalue weighted by Gasteiger charge is 2.50. The van der Waals surface area contributed by atoms with Gasteiger partial charge >= 0.3 is 6.09 Å². The summed E-state index contributed by atoms with van der Waals surface area (Å²) in [6.45, 7) is 17.2. The number of carbonyl (C=O) groups is 2. The Morgan fingerprint density at radius 2 is 1.70 bits per heavy atom. The quantitative estimate of drug-likeness (QED) is 0.517. The van der Waals surface area contributed by atoms with Gasteiger partial charge in [-0.25, -0.2) is 4.79 Å². The van der Waals surface area contributed by atoms with Gasteiger partial charge in [-0.2, -0.15) is 0 Å². The molecule has 0 aliphatic carbocycles. The van der Waals surface area contributed by atoms with E-state index < -0.39 is 22.8 Å². The Hall–Kier alpha value is -2.38. The molecule has 1 aliphatic rings. The van der Waals surface area contributed by atoms with Crippen LogP contribution in [0.2, 0.25) is 0 Å². The minimum absolute atomic E-state index is 0.166. The fourth-order valence-electron chi connectivity index (χ4n) is 4.28. The van der Waals surface area contributed by atoms with Crippen LogP contribution >= 0.6 is 0 Å². The highest BCUT2D eigenvalue weighted by Crippen LogP contribution is 2.48. The Balaban J connectivity index is 2.02. The molecule has 1 aliphatic heterocycles. The van der Waals surface area contributed by atoms with Gasteiger partial charge in [0.05, 0.1) is 17.1 Å². The van der Waals surface area contributed by atoms with Crippen molar-refractivity contribution in [3.63, 3.8) is 0 Å². The first-order chi connectivity index (χ1) is 15.0. The van der Waals surface area contributed by atoms with Gasteiger partial charge < -0.3 is 15.4 Å². The number of nitrogens with zero attached hydrogens (tertiary/aromatic N) is 1. The lowest BCUT2D eigenvalue weighted by atomic mass is 9.90. The van der Waals surface area contributed by atoms with Crippen molar-refractivity contribution in [2.75, 3.05) is 5.32 Å². The minimum Gasteiger partial charge on any atom is -0.444 e. The molecule has 7 nitrogen and oxygen atoms in total. The van der Waals surface area contributed by atoms with Gasteiger partial charge in [0.25, 0.3) is 0 Å². The van der Waals surface area contributed by atoms with Crippen molar-refractivity contribution in [2.24, 2.45) is 5.92 Å². The van der Waals surface area contributed by atoms with Crippen LogP contribution in [0.4, 0.5) is 10.5 Å². The van der Waals surface area contributed by atoms with Crippen molar-refractivity contribution in [1.82, 2.24) is 10.4 Å². The van der Waals surface area contributed by atoms with Crippen LogP contribution in [0.5, 0.6) is 0 Å². The van der Waals surface area contributed by atoms with E-state index in [1.54, 1.807) is 6.08 Å². The third kappa shape index (κ3) is 6.81. The van der Waals surface area contributed by atoms with Crippen LogP contribution in [0.3, 0.4) is 0 Å². The molecule has 33 heavy (non-hydrogen) atoms. The number of rotatable bonds is 7. The molecular formula is C26H40N3O4. The number of amides is 2. The van der Waals surface area contributed by atoms with Gasteiger partial charge in [0, 0.05) is 12.1 Å². The Morgan fingerprint density at radius 1 is 1.09 bits per heavy atom. The van der Waals surface area contributed by atoms with Crippen LogP contribution in [0, 0.1) is 5.92 Å². The summed E-state index contributed by atoms with van der Waals surface area (Å²) in [6, 6.07) is 5.42. The molecule has 0 unspecified atom stereocenters. The molecule has 0 spiro atoms. The number of benzene rings is 1. The maximum absolute atomic E-state index is 12.8. The summed E-state index contributed by atoms with van der Waals surface area (Å²) in [5.74, 6) is 0.198. The molecule has 1 radical (unpaired) electrons. The summed E-state index contributed by atoms with van der Waals surface area (Å²) in [7, 11) is 0. The van der Waals surface area contributed by atoms with Gasteiger partial charge in [-0.05, 0) is 84.1 Å². The third-order valence-corrected chi connectivity index (χ3v) is 5.74. The molecule has 2 amide bonds. The summed E-state index contributed by atoms with van der Waals surface area (Å²) in [5.41, 5.74) is 0.711. The van der Waals surface area contributed by atoms with Crippen LogP contribution < -0.4 is 10.6 Å². The van der Waals surface area contributed by atoms with E-state index in [0.717, 1.165) is 22.6 Å². The number of alkyl carbamates (subject to hydrolysis) is 1. The van der Waals surface area contributed by atoms with Gasteiger partial charge in [0.2, 0.25) is 5.91 Å². The lowest BCUT2D eigenvalue weighted by molar-refractivity contribution is -0.266. The summed E-state index contributed by atoms with van der Waals surface area (Å²) in [6.07, 6.45) is 4.04. The Bertz CT molecular complexity index is 897. The average Bonchev–Trinajstić information content (AvgIpc) is 2.77. The van der Waals surface area contributed by atoms with Gasteiger partial charge in [0.1, 0.15) is 5.60 Å². The summed E-state index contributed by atoms with van der Waals surface area (Å²) >= 11 is 0. The molecule has 1 heterocycles. The molecule has 7 heteroatoms. The van der Waals surface area contributed by atoms with Crippen LogP contribution in [0.15, 0.2) is 30.4 Å². The fourth-order valence-corrected chi connectivity index (χ4v) is 4.28. The number of nitrogens with one attached hydrogen (secondary N) is 2. The molecule has 2 N–H and O–H groups in total. The Morgan fingerprint density at radius 3 is 2.27 bits per heavy atom. The second-order valence-corrected chi connectivity index (χ2v) is 11.2. The number of fused-ring (bicyclic) bond motifs is 1. The molecule has 2 rings (SSSR count). The molecule has 183 valence electrons. The normalized spacial score (nSPS) is 18.3. The highest BCUT2D eigenvalue weighted by atomic mass is 16.6. The van der Waals surface area contributed by atoms with Crippen LogP contribution in [0.25, 0.3) is 0 Å². The predicted molar refractivity (Wildman–Crippen MR) is 130 cm³/mol. The van der Waals surface area contributed by atoms with Crippen molar-refractivity contribution in [3.8, 4) is 0 Å². The van der Waals surface area contributed by atoms with E-state index in [2.05, 4.69) is 24.5 Å². The average molecular weight is 459 g/mol. The zero-order valence-corrected chi connectivity index (χ0v) is 21.5. The lowest BCUT2D eigenvalue weighted by Crippen LogP contribution is -2.41. The Labute approximate surface area is 198 Å². The van der Waals surface area contributed by atoms with Crippen molar-refractivity contribution < 1.29 is 19.5 Å². The number of hydroxylamine groups is 2. The number of hydrogen-bond donors (Lipinski definition) is 2. The molecule has 1 aromatic carbocycles. The molecule has 0 saturated carbocycles. The predicted octanol–water partition coefficient (Wildman–Crippen LogP) is 5.64. The first-order valence-corrected chi connectivity index (χ1v) is 11.6. The summed E-state index contributed by atoms with van der Waals surface area (Å²) in [5, 5.41) is 19.7. The van der Waals surface area contributed by atoms with E-state index in [1.165, 1.54) is 0 Å². The number of hydrogen-bond acceptors (Lipinski definition) is 4. The Kier molecular flexibility index (Phi) is 8.02. The zero-order chi connectivity index (χ0) is 25.2. The van der Waals surface area contributed by atoms with Gasteiger partial charge in [-0.3, -0.25) is 4.79 Å². The van der Waals surface area contributed by atoms with E-state index in [-0.39, 0.29) is 18.4 Å². The zero-order valence-electron chi connectivity index (χ0n) is 21.5. The van der Waals surface area contributed by atoms with E-state index in [9.17, 15) is 14.8 Å². The number of ether oxygens (including phenoxy) is 1. The topological polar surface area (TPSA) is 90.6 Å².